The number of amides is 2. The molecule has 1 aliphatic heterocycles. The predicted octanol–water partition coefficient (Wildman–Crippen LogP) is 5.15. The number of benzene rings is 3. The zero-order valence-electron chi connectivity index (χ0n) is 22.5. The summed E-state index contributed by atoms with van der Waals surface area (Å²) in [5, 5.41) is 3.16. The quantitative estimate of drug-likeness (QED) is 0.357. The SMILES string of the molecule is CCCN1C(=O)c2ccccc2[C@H](C(=O)NCCCc2ccccc2)[C@@H]1c1cc(OC)c(OC)c(OC)c1. The molecule has 7 nitrogen and oxygen atoms in total. The third kappa shape index (κ3) is 5.47. The van der Waals surface area contributed by atoms with Crippen LogP contribution in [0.15, 0.2) is 66.7 Å². The molecule has 0 saturated carbocycles. The highest BCUT2D eigenvalue weighted by atomic mass is 16.5. The number of methoxy groups -OCH3 is 3. The molecule has 1 heterocycles. The third-order valence-electron chi connectivity index (χ3n) is 7.00. The summed E-state index contributed by atoms with van der Waals surface area (Å²) in [6, 6.07) is 20.8. The van der Waals surface area contributed by atoms with Crippen LogP contribution in [0.5, 0.6) is 17.2 Å². The van der Waals surface area contributed by atoms with Gasteiger partial charge in [-0.1, -0.05) is 55.5 Å². The Bertz CT molecular complexity index is 1240. The fourth-order valence-electron chi connectivity index (χ4n) is 5.26. The van der Waals surface area contributed by atoms with Crippen LogP contribution in [-0.2, 0) is 11.2 Å². The standard InChI is InChI=1S/C31H36N2O5/c1-5-18-33-28(22-19-25(36-2)29(38-4)26(20-22)37-3)27(23-15-9-10-16-24(23)31(33)35)30(34)32-17-11-14-21-12-7-6-8-13-21/h6-10,12-13,15-16,19-20,27-28H,5,11,14,17-18H2,1-4H3,(H,32,34)/t27-,28-/m0/s1. The highest BCUT2D eigenvalue weighted by molar-refractivity contribution is 6.01. The monoisotopic (exact) mass is 516 g/mol. The molecule has 3 aromatic rings. The third-order valence-corrected chi connectivity index (χ3v) is 7.00. The lowest BCUT2D eigenvalue weighted by Gasteiger charge is -2.42. The van der Waals surface area contributed by atoms with E-state index < -0.39 is 12.0 Å². The molecule has 1 N–H and O–H groups in total. The second-order valence-corrected chi connectivity index (χ2v) is 9.35. The van der Waals surface area contributed by atoms with E-state index in [0.29, 0.717) is 35.9 Å². The second kappa shape index (κ2) is 12.5. The van der Waals surface area contributed by atoms with Crippen LogP contribution < -0.4 is 19.5 Å². The van der Waals surface area contributed by atoms with Gasteiger partial charge in [-0.2, -0.15) is 0 Å². The Kier molecular flexibility index (Phi) is 8.89. The van der Waals surface area contributed by atoms with Crippen molar-refractivity contribution in [2.24, 2.45) is 0 Å². The van der Waals surface area contributed by atoms with Gasteiger partial charge in [-0.15, -0.1) is 0 Å². The van der Waals surface area contributed by atoms with E-state index in [1.54, 1.807) is 32.3 Å². The maximum atomic E-state index is 13.9. The smallest absolute Gasteiger partial charge is 0.254 e. The molecule has 2 amide bonds. The first-order valence-corrected chi connectivity index (χ1v) is 13.0. The van der Waals surface area contributed by atoms with Crippen LogP contribution in [0.1, 0.15) is 58.8 Å². The maximum Gasteiger partial charge on any atom is 0.254 e. The number of nitrogens with one attached hydrogen (secondary N) is 1. The molecule has 4 rings (SSSR count). The minimum absolute atomic E-state index is 0.0886. The number of rotatable bonds is 11. The Morgan fingerprint density at radius 1 is 0.921 bits per heavy atom. The molecule has 0 bridgehead atoms. The molecule has 0 aromatic heterocycles. The van der Waals surface area contributed by atoms with Gasteiger partial charge in [0.1, 0.15) is 0 Å². The number of hydrogen-bond donors (Lipinski definition) is 1. The van der Waals surface area contributed by atoms with Crippen LogP contribution in [0.4, 0.5) is 0 Å². The number of ether oxygens (including phenoxy) is 3. The fraction of sp³-hybridized carbons (Fsp3) is 0.355. The Morgan fingerprint density at radius 3 is 2.21 bits per heavy atom. The summed E-state index contributed by atoms with van der Waals surface area (Å²) in [6.07, 6.45) is 2.44. The lowest BCUT2D eigenvalue weighted by Crippen LogP contribution is -2.47. The van der Waals surface area contributed by atoms with Crippen LogP contribution in [0, 0.1) is 0 Å². The molecule has 0 spiro atoms. The Morgan fingerprint density at radius 2 is 1.58 bits per heavy atom. The molecule has 7 heteroatoms. The second-order valence-electron chi connectivity index (χ2n) is 9.35. The highest BCUT2D eigenvalue weighted by Crippen LogP contribution is 2.47. The Balaban J connectivity index is 1.73. The van der Waals surface area contributed by atoms with E-state index in [2.05, 4.69) is 17.4 Å². The number of fused-ring (bicyclic) bond motifs is 1. The van der Waals surface area contributed by atoms with Crippen molar-refractivity contribution < 1.29 is 23.8 Å². The summed E-state index contributed by atoms with van der Waals surface area (Å²) < 4.78 is 16.7. The van der Waals surface area contributed by atoms with Gasteiger partial charge in [-0.05, 0) is 54.2 Å². The molecule has 1 aliphatic rings. The van der Waals surface area contributed by atoms with Crippen molar-refractivity contribution in [3.05, 3.63) is 89.0 Å². The van der Waals surface area contributed by atoms with Crippen LogP contribution in [0.3, 0.4) is 0 Å². The van der Waals surface area contributed by atoms with E-state index in [0.717, 1.165) is 30.4 Å². The van der Waals surface area contributed by atoms with Crippen molar-refractivity contribution in [1.29, 1.82) is 0 Å². The molecule has 0 saturated heterocycles. The number of aryl methyl sites for hydroxylation is 1. The van der Waals surface area contributed by atoms with Crippen LogP contribution in [0.25, 0.3) is 0 Å². The minimum Gasteiger partial charge on any atom is -0.493 e. The topological polar surface area (TPSA) is 77.1 Å². The average Bonchev–Trinajstić information content (AvgIpc) is 2.96. The molecular weight excluding hydrogens is 480 g/mol. The van der Waals surface area contributed by atoms with Crippen molar-refractivity contribution in [3.63, 3.8) is 0 Å². The summed E-state index contributed by atoms with van der Waals surface area (Å²) in [4.78, 5) is 29.4. The first-order chi connectivity index (χ1) is 18.5. The number of carbonyl (C=O) groups excluding carboxylic acids is 2. The number of carbonyl (C=O) groups is 2. The molecule has 0 aliphatic carbocycles. The molecule has 200 valence electrons. The Labute approximate surface area is 224 Å². The molecule has 3 aromatic carbocycles. The maximum absolute atomic E-state index is 13.9. The van der Waals surface area contributed by atoms with Gasteiger partial charge < -0.3 is 24.4 Å². The molecule has 0 unspecified atom stereocenters. The molecule has 2 atom stereocenters. The van der Waals surface area contributed by atoms with Crippen LogP contribution in [0.2, 0.25) is 0 Å². The van der Waals surface area contributed by atoms with E-state index in [1.807, 2.05) is 55.5 Å². The number of nitrogens with zero attached hydrogens (tertiary/aromatic N) is 1. The lowest BCUT2D eigenvalue weighted by atomic mass is 9.79. The zero-order valence-corrected chi connectivity index (χ0v) is 22.5. The summed E-state index contributed by atoms with van der Waals surface area (Å²) in [5.74, 6) is 0.616. The van der Waals surface area contributed by atoms with E-state index in [9.17, 15) is 9.59 Å². The van der Waals surface area contributed by atoms with Crippen molar-refractivity contribution in [2.45, 2.75) is 38.1 Å². The van der Waals surface area contributed by atoms with Gasteiger partial charge in [-0.25, -0.2) is 0 Å². The van der Waals surface area contributed by atoms with E-state index in [-0.39, 0.29) is 11.8 Å². The van der Waals surface area contributed by atoms with Crippen molar-refractivity contribution in [3.8, 4) is 17.2 Å². The number of hydrogen-bond acceptors (Lipinski definition) is 5. The molecule has 0 radical (unpaired) electrons. The van der Waals surface area contributed by atoms with Gasteiger partial charge in [0.25, 0.3) is 5.91 Å². The van der Waals surface area contributed by atoms with Crippen LogP contribution in [-0.4, -0.2) is 51.1 Å². The summed E-state index contributed by atoms with van der Waals surface area (Å²) >= 11 is 0. The van der Waals surface area contributed by atoms with Gasteiger partial charge >= 0.3 is 0 Å². The van der Waals surface area contributed by atoms with E-state index >= 15 is 0 Å². The summed E-state index contributed by atoms with van der Waals surface area (Å²) in [5.41, 5.74) is 3.28. The molecular formula is C31H36N2O5. The minimum atomic E-state index is -0.602. The first kappa shape index (κ1) is 27.0. The average molecular weight is 517 g/mol. The van der Waals surface area contributed by atoms with Gasteiger partial charge in [0.15, 0.2) is 11.5 Å². The van der Waals surface area contributed by atoms with Crippen molar-refractivity contribution in [2.75, 3.05) is 34.4 Å². The zero-order chi connectivity index (χ0) is 27.1. The molecule has 0 fully saturated rings. The largest absolute Gasteiger partial charge is 0.493 e. The van der Waals surface area contributed by atoms with Crippen LogP contribution >= 0.6 is 0 Å². The van der Waals surface area contributed by atoms with E-state index in [1.165, 1.54) is 5.56 Å². The highest BCUT2D eigenvalue weighted by Gasteiger charge is 2.44. The van der Waals surface area contributed by atoms with Gasteiger partial charge in [0, 0.05) is 18.7 Å². The predicted molar refractivity (Wildman–Crippen MR) is 147 cm³/mol. The van der Waals surface area contributed by atoms with Gasteiger partial charge in [-0.3, -0.25) is 9.59 Å². The fourth-order valence-corrected chi connectivity index (χ4v) is 5.26. The Hall–Kier alpha value is -4.00. The summed E-state index contributed by atoms with van der Waals surface area (Å²) in [7, 11) is 4.67. The van der Waals surface area contributed by atoms with Gasteiger partial charge in [0.2, 0.25) is 11.7 Å². The van der Waals surface area contributed by atoms with Gasteiger partial charge in [0.05, 0.1) is 33.3 Å². The van der Waals surface area contributed by atoms with Crippen molar-refractivity contribution in [1.82, 2.24) is 10.2 Å². The molecule has 38 heavy (non-hydrogen) atoms. The normalized spacial score (nSPS) is 16.5. The first-order valence-electron chi connectivity index (χ1n) is 13.0. The summed E-state index contributed by atoms with van der Waals surface area (Å²) in [6.45, 7) is 3.07. The van der Waals surface area contributed by atoms with E-state index in [4.69, 9.17) is 14.2 Å². The lowest BCUT2D eigenvalue weighted by molar-refractivity contribution is -0.124. The van der Waals surface area contributed by atoms with Crippen molar-refractivity contribution >= 4 is 11.8 Å².